The number of amides is 1. The second-order valence-electron chi connectivity index (χ2n) is 5.92. The van der Waals surface area contributed by atoms with Gasteiger partial charge in [0.25, 0.3) is 0 Å². The molecule has 1 N–H and O–H groups in total. The lowest BCUT2D eigenvalue weighted by Crippen LogP contribution is -2.47. The van der Waals surface area contributed by atoms with Crippen molar-refractivity contribution < 1.29 is 13.2 Å². The lowest BCUT2D eigenvalue weighted by molar-refractivity contribution is -0.132. The highest BCUT2D eigenvalue weighted by molar-refractivity contribution is 7.88. The number of piperidine rings is 1. The Hall–Kier alpha value is -1.93. The molecule has 0 aromatic carbocycles. The van der Waals surface area contributed by atoms with Gasteiger partial charge in [0, 0.05) is 36.9 Å². The molecule has 0 aliphatic carbocycles. The van der Waals surface area contributed by atoms with E-state index in [2.05, 4.69) is 9.71 Å². The molecule has 3 heterocycles. The molecule has 7 nitrogen and oxygen atoms in total. The summed E-state index contributed by atoms with van der Waals surface area (Å²) in [6, 6.07) is 3.80. The van der Waals surface area contributed by atoms with Crippen molar-refractivity contribution in [3.63, 3.8) is 0 Å². The molecule has 23 heavy (non-hydrogen) atoms. The molecule has 2 aromatic heterocycles. The van der Waals surface area contributed by atoms with Crippen LogP contribution in [0.25, 0.3) is 10.9 Å². The van der Waals surface area contributed by atoms with E-state index in [-0.39, 0.29) is 18.5 Å². The molecular formula is C15H20N4O3S. The second kappa shape index (κ2) is 6.29. The molecule has 1 aliphatic heterocycles. The largest absolute Gasteiger partial charge is 0.341 e. The first-order valence-corrected chi connectivity index (χ1v) is 9.45. The van der Waals surface area contributed by atoms with Crippen LogP contribution in [0.2, 0.25) is 0 Å². The van der Waals surface area contributed by atoms with Crippen molar-refractivity contribution in [2.45, 2.75) is 25.4 Å². The maximum atomic E-state index is 12.4. The van der Waals surface area contributed by atoms with Crippen LogP contribution >= 0.6 is 0 Å². The van der Waals surface area contributed by atoms with Crippen molar-refractivity contribution in [3.05, 3.63) is 30.7 Å². The van der Waals surface area contributed by atoms with Crippen LogP contribution in [0, 0.1) is 0 Å². The van der Waals surface area contributed by atoms with Crippen molar-refractivity contribution in [2.75, 3.05) is 19.3 Å². The fourth-order valence-corrected chi connectivity index (χ4v) is 3.80. The van der Waals surface area contributed by atoms with Crippen LogP contribution in [-0.2, 0) is 21.4 Å². The second-order valence-corrected chi connectivity index (χ2v) is 7.70. The molecule has 1 aliphatic rings. The van der Waals surface area contributed by atoms with Gasteiger partial charge in [0.15, 0.2) is 0 Å². The van der Waals surface area contributed by atoms with Gasteiger partial charge < -0.3 is 9.47 Å². The number of rotatable bonds is 4. The van der Waals surface area contributed by atoms with Gasteiger partial charge >= 0.3 is 0 Å². The topological polar surface area (TPSA) is 84.3 Å². The molecule has 1 amide bonds. The Balaban J connectivity index is 1.60. The van der Waals surface area contributed by atoms with E-state index in [1.807, 2.05) is 22.9 Å². The smallest absolute Gasteiger partial charge is 0.242 e. The number of nitrogens with zero attached hydrogens (tertiary/aromatic N) is 3. The molecule has 0 bridgehead atoms. The summed E-state index contributed by atoms with van der Waals surface area (Å²) in [7, 11) is -3.19. The molecular weight excluding hydrogens is 316 g/mol. The summed E-state index contributed by atoms with van der Waals surface area (Å²) in [6.45, 7) is 1.42. The normalized spacial score (nSPS) is 16.8. The molecule has 0 radical (unpaired) electrons. The summed E-state index contributed by atoms with van der Waals surface area (Å²) in [5.41, 5.74) is 0.939. The van der Waals surface area contributed by atoms with Gasteiger partial charge in [0.05, 0.1) is 18.0 Å². The third kappa shape index (κ3) is 3.89. The van der Waals surface area contributed by atoms with Crippen molar-refractivity contribution >= 4 is 26.8 Å². The highest BCUT2D eigenvalue weighted by atomic mass is 32.2. The number of aromatic nitrogens is 2. The molecule has 0 spiro atoms. The standard InChI is InChI=1S/C15H20N4O3S/c1-23(21,22)17-13-4-8-18(9-5-13)15(20)11-19-7-3-12-2-6-16-10-14(12)19/h2-3,6-7,10,13,17H,4-5,8-9,11H2,1H3. The van der Waals surface area contributed by atoms with E-state index in [0.29, 0.717) is 25.9 Å². The average Bonchev–Trinajstić information content (AvgIpc) is 2.90. The van der Waals surface area contributed by atoms with E-state index in [4.69, 9.17) is 0 Å². The number of carbonyl (C=O) groups is 1. The summed E-state index contributed by atoms with van der Waals surface area (Å²) >= 11 is 0. The van der Waals surface area contributed by atoms with E-state index in [1.54, 1.807) is 17.3 Å². The third-order valence-corrected chi connectivity index (χ3v) is 4.87. The SMILES string of the molecule is CS(=O)(=O)NC1CCN(C(=O)Cn2ccc3ccncc32)CC1. The highest BCUT2D eigenvalue weighted by Gasteiger charge is 2.24. The zero-order chi connectivity index (χ0) is 16.4. The summed E-state index contributed by atoms with van der Waals surface area (Å²) < 4.78 is 27.0. The number of sulfonamides is 1. The Labute approximate surface area is 135 Å². The molecule has 0 saturated carbocycles. The number of likely N-dealkylation sites (tertiary alicyclic amines) is 1. The molecule has 2 aromatic rings. The van der Waals surface area contributed by atoms with Crippen LogP contribution in [0.1, 0.15) is 12.8 Å². The Bertz CT molecular complexity index is 807. The van der Waals surface area contributed by atoms with Crippen molar-refractivity contribution in [2.24, 2.45) is 0 Å². The molecule has 1 fully saturated rings. The predicted molar refractivity (Wildman–Crippen MR) is 87.3 cm³/mol. The van der Waals surface area contributed by atoms with Crippen LogP contribution in [0.4, 0.5) is 0 Å². The average molecular weight is 336 g/mol. The fraction of sp³-hybridized carbons (Fsp3) is 0.467. The minimum absolute atomic E-state index is 0.0455. The number of hydrogen-bond acceptors (Lipinski definition) is 4. The lowest BCUT2D eigenvalue weighted by atomic mass is 10.1. The van der Waals surface area contributed by atoms with Crippen LogP contribution in [0.5, 0.6) is 0 Å². The van der Waals surface area contributed by atoms with Crippen LogP contribution < -0.4 is 4.72 Å². The summed E-state index contributed by atoms with van der Waals surface area (Å²) in [5, 5.41) is 1.06. The van der Waals surface area contributed by atoms with Gasteiger partial charge in [-0.2, -0.15) is 0 Å². The molecule has 1 saturated heterocycles. The zero-order valence-electron chi connectivity index (χ0n) is 13.0. The van der Waals surface area contributed by atoms with Gasteiger partial charge in [-0.15, -0.1) is 0 Å². The van der Waals surface area contributed by atoms with Crippen molar-refractivity contribution in [1.82, 2.24) is 19.2 Å². The first-order chi connectivity index (χ1) is 10.9. The Morgan fingerprint density at radius 3 is 2.78 bits per heavy atom. The van der Waals surface area contributed by atoms with Crippen LogP contribution in [0.15, 0.2) is 30.7 Å². The summed E-state index contributed by atoms with van der Waals surface area (Å²) in [6.07, 6.45) is 7.83. The number of carbonyl (C=O) groups excluding carboxylic acids is 1. The third-order valence-electron chi connectivity index (χ3n) is 4.11. The fourth-order valence-electron chi connectivity index (χ4n) is 2.96. The number of nitrogens with one attached hydrogen (secondary N) is 1. The molecule has 0 atom stereocenters. The summed E-state index contributed by atoms with van der Waals surface area (Å²) in [5.74, 6) is 0.0455. The monoisotopic (exact) mass is 336 g/mol. The van der Waals surface area contributed by atoms with E-state index in [9.17, 15) is 13.2 Å². The number of fused-ring (bicyclic) bond motifs is 1. The first kappa shape index (κ1) is 15.9. The maximum absolute atomic E-state index is 12.4. The Morgan fingerprint density at radius 1 is 1.35 bits per heavy atom. The van der Waals surface area contributed by atoms with Gasteiger partial charge in [-0.05, 0) is 25.0 Å². The molecule has 0 unspecified atom stereocenters. The minimum atomic E-state index is -3.19. The van der Waals surface area contributed by atoms with E-state index < -0.39 is 10.0 Å². The lowest BCUT2D eigenvalue weighted by Gasteiger charge is -2.32. The zero-order valence-corrected chi connectivity index (χ0v) is 13.8. The van der Waals surface area contributed by atoms with E-state index in [0.717, 1.165) is 17.2 Å². The summed E-state index contributed by atoms with van der Waals surface area (Å²) in [4.78, 5) is 18.3. The molecule has 8 heteroatoms. The Kier molecular flexibility index (Phi) is 4.36. The highest BCUT2D eigenvalue weighted by Crippen LogP contribution is 2.16. The molecule has 3 rings (SSSR count). The van der Waals surface area contributed by atoms with Gasteiger partial charge in [0.1, 0.15) is 6.54 Å². The molecule has 124 valence electrons. The van der Waals surface area contributed by atoms with E-state index in [1.165, 1.54) is 0 Å². The quantitative estimate of drug-likeness (QED) is 0.885. The first-order valence-electron chi connectivity index (χ1n) is 7.56. The van der Waals surface area contributed by atoms with Gasteiger partial charge in [-0.3, -0.25) is 9.78 Å². The number of hydrogen-bond donors (Lipinski definition) is 1. The van der Waals surface area contributed by atoms with E-state index >= 15 is 0 Å². The van der Waals surface area contributed by atoms with Crippen LogP contribution in [0.3, 0.4) is 0 Å². The predicted octanol–water partition coefficient (Wildman–Crippen LogP) is 0.577. The van der Waals surface area contributed by atoms with Gasteiger partial charge in [-0.25, -0.2) is 13.1 Å². The van der Waals surface area contributed by atoms with Gasteiger partial charge in [-0.1, -0.05) is 0 Å². The Morgan fingerprint density at radius 2 is 2.09 bits per heavy atom. The van der Waals surface area contributed by atoms with Crippen LogP contribution in [-0.4, -0.2) is 54.2 Å². The van der Waals surface area contributed by atoms with Gasteiger partial charge in [0.2, 0.25) is 15.9 Å². The van der Waals surface area contributed by atoms with Crippen molar-refractivity contribution in [3.8, 4) is 0 Å². The number of pyridine rings is 1. The minimum Gasteiger partial charge on any atom is -0.341 e. The maximum Gasteiger partial charge on any atom is 0.242 e. The van der Waals surface area contributed by atoms with Crippen molar-refractivity contribution in [1.29, 1.82) is 0 Å².